The van der Waals surface area contributed by atoms with Gasteiger partial charge in [0.15, 0.2) is 0 Å². The number of aliphatic imine (C=N–C) groups is 1. The van der Waals surface area contributed by atoms with E-state index in [0.717, 1.165) is 5.56 Å². The first-order chi connectivity index (χ1) is 12.9. The molecule has 0 aliphatic carbocycles. The molecular formula is C18H18ClFN4O3. The predicted octanol–water partition coefficient (Wildman–Crippen LogP) is 4.36. The van der Waals surface area contributed by atoms with Crippen molar-refractivity contribution in [2.24, 2.45) is 4.99 Å². The van der Waals surface area contributed by atoms with E-state index >= 15 is 0 Å². The van der Waals surface area contributed by atoms with Crippen LogP contribution in [0.4, 0.5) is 20.8 Å². The molecule has 1 aromatic carbocycles. The summed E-state index contributed by atoms with van der Waals surface area (Å²) >= 11 is 5.79. The van der Waals surface area contributed by atoms with Gasteiger partial charge in [0.05, 0.1) is 23.7 Å². The number of fused-ring (bicyclic) bond motifs is 1. The largest absolute Gasteiger partial charge is 0.450 e. The maximum Gasteiger partial charge on any atom is 0.410 e. The standard InChI is InChI=1S/C18H18ClFN4O3/c1-3-26-18(25)24-7-6-11-14(9-24)27-17(22-2)15(11)16(21)23-10-4-5-13(20)12(19)8-10/h4-5,8H,2-3,6-7,9H2,1H3,(H2,21,23). The van der Waals surface area contributed by atoms with Crippen LogP contribution in [-0.2, 0) is 17.7 Å². The van der Waals surface area contributed by atoms with Gasteiger partial charge in [-0.1, -0.05) is 11.6 Å². The fraction of sp³-hybridized carbons (Fsp3) is 0.278. The second-order valence-electron chi connectivity index (χ2n) is 5.84. The molecule has 0 saturated heterocycles. The monoisotopic (exact) mass is 392 g/mol. The summed E-state index contributed by atoms with van der Waals surface area (Å²) in [5.74, 6) is 0.211. The maximum absolute atomic E-state index is 13.3. The van der Waals surface area contributed by atoms with Crippen LogP contribution in [0.2, 0.25) is 5.02 Å². The minimum Gasteiger partial charge on any atom is -0.450 e. The Hall–Kier alpha value is -2.87. The summed E-state index contributed by atoms with van der Waals surface area (Å²) in [6.07, 6.45) is 0.0693. The number of hydrogen-bond acceptors (Lipinski definition) is 5. The molecule has 142 valence electrons. The van der Waals surface area contributed by atoms with Gasteiger partial charge in [-0.15, -0.1) is 0 Å². The first kappa shape index (κ1) is 18.9. The Bertz CT molecular complexity index is 912. The van der Waals surface area contributed by atoms with Gasteiger partial charge in [0, 0.05) is 17.8 Å². The Morgan fingerprint density at radius 1 is 1.56 bits per heavy atom. The van der Waals surface area contributed by atoms with Gasteiger partial charge in [-0.05, 0) is 38.3 Å². The van der Waals surface area contributed by atoms with Crippen LogP contribution in [0.1, 0.15) is 23.8 Å². The fourth-order valence-corrected chi connectivity index (χ4v) is 3.09. The number of nitrogens with one attached hydrogen (secondary N) is 2. The van der Waals surface area contributed by atoms with E-state index in [9.17, 15) is 9.18 Å². The first-order valence-corrected chi connectivity index (χ1v) is 8.66. The predicted molar refractivity (Wildman–Crippen MR) is 101 cm³/mol. The number of hydrogen-bond donors (Lipinski definition) is 2. The van der Waals surface area contributed by atoms with Crippen molar-refractivity contribution in [3.63, 3.8) is 0 Å². The van der Waals surface area contributed by atoms with Gasteiger partial charge in [-0.3, -0.25) is 5.41 Å². The minimum atomic E-state index is -0.540. The number of anilines is 1. The van der Waals surface area contributed by atoms with Gasteiger partial charge in [0.25, 0.3) is 0 Å². The quantitative estimate of drug-likeness (QED) is 0.597. The van der Waals surface area contributed by atoms with Crippen molar-refractivity contribution in [1.82, 2.24) is 4.90 Å². The summed E-state index contributed by atoms with van der Waals surface area (Å²) in [5.41, 5.74) is 1.70. The number of furan rings is 1. The number of amidine groups is 1. The second-order valence-corrected chi connectivity index (χ2v) is 6.25. The molecule has 1 aromatic heterocycles. The van der Waals surface area contributed by atoms with E-state index in [4.69, 9.17) is 26.2 Å². The highest BCUT2D eigenvalue weighted by atomic mass is 35.5. The zero-order valence-corrected chi connectivity index (χ0v) is 15.4. The van der Waals surface area contributed by atoms with Crippen molar-refractivity contribution in [2.75, 3.05) is 18.5 Å². The zero-order chi connectivity index (χ0) is 19.6. The van der Waals surface area contributed by atoms with Crippen LogP contribution in [0.25, 0.3) is 0 Å². The molecule has 2 heterocycles. The average molecular weight is 393 g/mol. The van der Waals surface area contributed by atoms with Gasteiger partial charge in [0.1, 0.15) is 17.4 Å². The molecule has 0 atom stereocenters. The lowest BCUT2D eigenvalue weighted by Crippen LogP contribution is -2.36. The highest BCUT2D eigenvalue weighted by molar-refractivity contribution is 6.31. The van der Waals surface area contributed by atoms with Crippen LogP contribution in [0.3, 0.4) is 0 Å². The Morgan fingerprint density at radius 3 is 3.00 bits per heavy atom. The Kier molecular flexibility index (Phi) is 5.46. The number of carbonyl (C=O) groups is 1. The summed E-state index contributed by atoms with van der Waals surface area (Å²) < 4.78 is 24.0. The zero-order valence-electron chi connectivity index (χ0n) is 14.6. The fourth-order valence-electron chi connectivity index (χ4n) is 2.91. The SMILES string of the molecule is C=Nc1oc2c(c1C(=N)Nc1ccc(F)c(Cl)c1)CCN(C(=O)OCC)C2. The van der Waals surface area contributed by atoms with Gasteiger partial charge >= 0.3 is 6.09 Å². The Balaban J connectivity index is 1.86. The summed E-state index contributed by atoms with van der Waals surface area (Å²) in [6.45, 7) is 6.19. The molecule has 0 bridgehead atoms. The Labute approximate surface area is 160 Å². The third kappa shape index (κ3) is 3.80. The molecule has 0 radical (unpaired) electrons. The number of amides is 1. The summed E-state index contributed by atoms with van der Waals surface area (Å²) in [7, 11) is 0. The van der Waals surface area contributed by atoms with Crippen molar-refractivity contribution in [3.8, 4) is 0 Å². The first-order valence-electron chi connectivity index (χ1n) is 8.28. The van der Waals surface area contributed by atoms with Crippen LogP contribution in [0, 0.1) is 11.2 Å². The van der Waals surface area contributed by atoms with Crippen LogP contribution >= 0.6 is 11.6 Å². The molecular weight excluding hydrogens is 375 g/mol. The molecule has 0 unspecified atom stereocenters. The third-order valence-corrected chi connectivity index (χ3v) is 4.44. The number of ether oxygens (including phenoxy) is 1. The molecule has 1 aliphatic rings. The van der Waals surface area contributed by atoms with Crippen molar-refractivity contribution in [1.29, 1.82) is 5.41 Å². The number of benzene rings is 1. The van der Waals surface area contributed by atoms with E-state index in [1.165, 1.54) is 23.1 Å². The van der Waals surface area contributed by atoms with Crippen LogP contribution in [-0.4, -0.2) is 36.7 Å². The second kappa shape index (κ2) is 7.79. The maximum atomic E-state index is 13.3. The van der Waals surface area contributed by atoms with E-state index in [1.54, 1.807) is 6.92 Å². The van der Waals surface area contributed by atoms with Crippen molar-refractivity contribution in [3.05, 3.63) is 45.9 Å². The molecule has 3 rings (SSSR count). The number of nitrogens with zero attached hydrogens (tertiary/aromatic N) is 2. The third-order valence-electron chi connectivity index (χ3n) is 4.15. The van der Waals surface area contributed by atoms with Gasteiger partial charge in [0.2, 0.25) is 5.88 Å². The molecule has 0 fully saturated rings. The number of carbonyl (C=O) groups excluding carboxylic acids is 1. The molecule has 9 heteroatoms. The molecule has 1 aliphatic heterocycles. The van der Waals surface area contributed by atoms with E-state index in [2.05, 4.69) is 17.0 Å². The Morgan fingerprint density at radius 2 is 2.33 bits per heavy atom. The van der Waals surface area contributed by atoms with E-state index in [1.807, 2.05) is 0 Å². The van der Waals surface area contributed by atoms with Crippen LogP contribution in [0.15, 0.2) is 27.6 Å². The van der Waals surface area contributed by atoms with Crippen molar-refractivity contribution in [2.45, 2.75) is 19.9 Å². The summed E-state index contributed by atoms with van der Waals surface area (Å²) in [6, 6.07) is 4.08. The van der Waals surface area contributed by atoms with Gasteiger partial charge < -0.3 is 19.4 Å². The molecule has 2 aromatic rings. The van der Waals surface area contributed by atoms with E-state index in [-0.39, 0.29) is 23.3 Å². The van der Waals surface area contributed by atoms with Crippen molar-refractivity contribution < 1.29 is 18.3 Å². The van der Waals surface area contributed by atoms with Gasteiger partial charge in [-0.2, -0.15) is 0 Å². The topological polar surface area (TPSA) is 90.9 Å². The molecule has 7 nitrogen and oxygen atoms in total. The highest BCUT2D eigenvalue weighted by Crippen LogP contribution is 2.34. The van der Waals surface area contributed by atoms with E-state index < -0.39 is 11.9 Å². The normalized spacial score (nSPS) is 13.1. The average Bonchev–Trinajstić information content (AvgIpc) is 3.02. The smallest absolute Gasteiger partial charge is 0.410 e. The molecule has 27 heavy (non-hydrogen) atoms. The lowest BCUT2D eigenvalue weighted by molar-refractivity contribution is 0.0991. The highest BCUT2D eigenvalue weighted by Gasteiger charge is 2.30. The number of halogens is 2. The summed E-state index contributed by atoms with van der Waals surface area (Å²) in [5, 5.41) is 11.2. The molecule has 1 amide bonds. The van der Waals surface area contributed by atoms with E-state index in [0.29, 0.717) is 36.6 Å². The molecule has 0 spiro atoms. The molecule has 2 N–H and O–H groups in total. The summed E-state index contributed by atoms with van der Waals surface area (Å²) in [4.78, 5) is 17.3. The molecule has 0 saturated carbocycles. The van der Waals surface area contributed by atoms with Crippen LogP contribution in [0.5, 0.6) is 0 Å². The minimum absolute atomic E-state index is 0.0228. The van der Waals surface area contributed by atoms with Crippen molar-refractivity contribution >= 4 is 41.8 Å². The lowest BCUT2D eigenvalue weighted by atomic mass is 10.0. The lowest BCUT2D eigenvalue weighted by Gasteiger charge is -2.25. The van der Waals surface area contributed by atoms with Crippen LogP contribution < -0.4 is 5.32 Å². The van der Waals surface area contributed by atoms with Gasteiger partial charge in [-0.25, -0.2) is 14.2 Å². The number of rotatable bonds is 4.